The summed E-state index contributed by atoms with van der Waals surface area (Å²) in [5.41, 5.74) is 0.0763. The van der Waals surface area contributed by atoms with Gasteiger partial charge in [0, 0.05) is 13.2 Å². The predicted molar refractivity (Wildman–Crippen MR) is 49.1 cm³/mol. The van der Waals surface area contributed by atoms with E-state index in [0.29, 0.717) is 0 Å². The Hall–Kier alpha value is -1.36. The van der Waals surface area contributed by atoms with E-state index in [0.717, 1.165) is 6.20 Å². The highest BCUT2D eigenvalue weighted by Gasteiger charge is 2.17. The van der Waals surface area contributed by atoms with Crippen LogP contribution in [0.15, 0.2) is 6.20 Å². The van der Waals surface area contributed by atoms with Crippen molar-refractivity contribution in [2.45, 2.75) is 0 Å². The average Bonchev–Trinajstić information content (AvgIpc) is 2.18. The van der Waals surface area contributed by atoms with E-state index in [4.69, 9.17) is 11.6 Å². The number of pyridine rings is 1. The van der Waals surface area contributed by atoms with Gasteiger partial charge in [0.25, 0.3) is 11.9 Å². The molecule has 0 aliphatic heterocycles. The smallest absolute Gasteiger partial charge is 0.256 e. The molecule has 14 heavy (non-hydrogen) atoms. The van der Waals surface area contributed by atoms with Gasteiger partial charge in [-0.05, 0) is 0 Å². The van der Waals surface area contributed by atoms with Gasteiger partial charge in [0.05, 0.1) is 12.7 Å². The van der Waals surface area contributed by atoms with Crippen molar-refractivity contribution in [3.8, 4) is 5.75 Å². The molecule has 0 aromatic carbocycles. The van der Waals surface area contributed by atoms with Crippen LogP contribution in [0.1, 0.15) is 10.4 Å². The van der Waals surface area contributed by atoms with Crippen molar-refractivity contribution in [3.63, 3.8) is 0 Å². The summed E-state index contributed by atoms with van der Waals surface area (Å²) < 4.78 is 17.6. The maximum Gasteiger partial charge on any atom is 0.256 e. The molecule has 0 aliphatic carbocycles. The number of aromatic nitrogens is 1. The molecule has 1 amide bonds. The molecule has 4 nitrogen and oxygen atoms in total. The number of carbonyl (C=O) groups is 1. The molecule has 1 heterocycles. The van der Waals surface area contributed by atoms with E-state index in [-0.39, 0.29) is 16.3 Å². The summed E-state index contributed by atoms with van der Waals surface area (Å²) in [5, 5.41) is 2.27. The van der Waals surface area contributed by atoms with Gasteiger partial charge in [0.1, 0.15) is 5.02 Å². The van der Waals surface area contributed by atoms with Crippen molar-refractivity contribution in [3.05, 3.63) is 22.7 Å². The highest BCUT2D eigenvalue weighted by Crippen LogP contribution is 2.29. The Labute approximate surface area is 85.0 Å². The third kappa shape index (κ3) is 1.77. The van der Waals surface area contributed by atoms with Gasteiger partial charge in [0.2, 0.25) is 0 Å². The summed E-state index contributed by atoms with van der Waals surface area (Å²) in [5.74, 6) is -1.52. The Morgan fingerprint density at radius 3 is 2.86 bits per heavy atom. The van der Waals surface area contributed by atoms with Crippen LogP contribution in [-0.4, -0.2) is 25.0 Å². The second kappa shape index (κ2) is 4.23. The number of rotatable bonds is 2. The van der Waals surface area contributed by atoms with Crippen molar-refractivity contribution in [2.75, 3.05) is 14.2 Å². The van der Waals surface area contributed by atoms with Crippen LogP contribution < -0.4 is 10.1 Å². The third-order valence-corrected chi connectivity index (χ3v) is 1.98. The minimum atomic E-state index is -0.842. The van der Waals surface area contributed by atoms with Crippen molar-refractivity contribution < 1.29 is 13.9 Å². The third-order valence-electron chi connectivity index (χ3n) is 1.61. The number of nitrogens with one attached hydrogen (secondary N) is 1. The molecule has 0 saturated carbocycles. The lowest BCUT2D eigenvalue weighted by Crippen LogP contribution is -2.19. The molecule has 0 radical (unpaired) electrons. The Kier molecular flexibility index (Phi) is 3.24. The first-order valence-corrected chi connectivity index (χ1v) is 4.09. The monoisotopic (exact) mass is 218 g/mol. The van der Waals surface area contributed by atoms with E-state index in [2.05, 4.69) is 15.0 Å². The summed E-state index contributed by atoms with van der Waals surface area (Å²) in [4.78, 5) is 14.5. The fourth-order valence-electron chi connectivity index (χ4n) is 0.916. The SMILES string of the molecule is CNC(=O)c1cnc(F)c(OC)c1Cl. The first kappa shape index (κ1) is 10.7. The molecule has 0 bridgehead atoms. The van der Waals surface area contributed by atoms with Crippen molar-refractivity contribution in [2.24, 2.45) is 0 Å². The van der Waals surface area contributed by atoms with Gasteiger partial charge in [0.15, 0.2) is 5.75 Å². The molecule has 0 spiro atoms. The summed E-state index contributed by atoms with van der Waals surface area (Å²) in [6.07, 6.45) is 1.05. The van der Waals surface area contributed by atoms with Gasteiger partial charge in [-0.2, -0.15) is 4.39 Å². The van der Waals surface area contributed by atoms with Crippen molar-refractivity contribution >= 4 is 17.5 Å². The molecule has 0 unspecified atom stereocenters. The number of carbonyl (C=O) groups excluding carboxylic acids is 1. The Bertz CT molecular complexity index is 371. The summed E-state index contributed by atoms with van der Waals surface area (Å²) in [6.45, 7) is 0. The second-order valence-corrected chi connectivity index (χ2v) is 2.77. The zero-order valence-electron chi connectivity index (χ0n) is 7.60. The van der Waals surface area contributed by atoms with Crippen molar-refractivity contribution in [1.29, 1.82) is 0 Å². The minimum absolute atomic E-state index is 0.0763. The van der Waals surface area contributed by atoms with Crippen molar-refractivity contribution in [1.82, 2.24) is 10.3 Å². The average molecular weight is 219 g/mol. The van der Waals surface area contributed by atoms with Gasteiger partial charge in [-0.3, -0.25) is 4.79 Å². The molecule has 76 valence electrons. The van der Waals surface area contributed by atoms with E-state index >= 15 is 0 Å². The number of methoxy groups -OCH3 is 1. The number of nitrogens with zero attached hydrogens (tertiary/aromatic N) is 1. The van der Waals surface area contributed by atoms with E-state index in [9.17, 15) is 9.18 Å². The molecule has 0 atom stereocenters. The van der Waals surface area contributed by atoms with Gasteiger partial charge < -0.3 is 10.1 Å². The fourth-order valence-corrected chi connectivity index (χ4v) is 1.21. The number of halogens is 2. The predicted octanol–water partition coefficient (Wildman–Crippen LogP) is 1.24. The van der Waals surface area contributed by atoms with Crippen LogP contribution in [0.3, 0.4) is 0 Å². The molecule has 0 saturated heterocycles. The zero-order chi connectivity index (χ0) is 10.7. The van der Waals surface area contributed by atoms with Crippen LogP contribution in [0.4, 0.5) is 4.39 Å². The van der Waals surface area contributed by atoms with Crippen LogP contribution in [0.2, 0.25) is 5.02 Å². The zero-order valence-corrected chi connectivity index (χ0v) is 8.35. The summed E-state index contributed by atoms with van der Waals surface area (Å²) >= 11 is 5.72. The Balaban J connectivity index is 3.28. The van der Waals surface area contributed by atoms with Crippen LogP contribution in [0.25, 0.3) is 0 Å². The van der Waals surface area contributed by atoms with E-state index < -0.39 is 11.9 Å². The lowest BCUT2D eigenvalue weighted by atomic mass is 10.2. The molecular weight excluding hydrogens is 211 g/mol. The van der Waals surface area contributed by atoms with Crippen LogP contribution in [-0.2, 0) is 0 Å². The lowest BCUT2D eigenvalue weighted by molar-refractivity contribution is 0.0962. The summed E-state index contributed by atoms with van der Waals surface area (Å²) in [7, 11) is 2.69. The second-order valence-electron chi connectivity index (χ2n) is 2.39. The molecule has 1 aromatic rings. The minimum Gasteiger partial charge on any atom is -0.491 e. The van der Waals surface area contributed by atoms with E-state index in [1.807, 2.05) is 0 Å². The lowest BCUT2D eigenvalue weighted by Gasteiger charge is -2.07. The van der Waals surface area contributed by atoms with Gasteiger partial charge in [-0.25, -0.2) is 4.98 Å². The van der Waals surface area contributed by atoms with Crippen LogP contribution in [0.5, 0.6) is 5.75 Å². The molecule has 0 fully saturated rings. The maximum atomic E-state index is 12.9. The highest BCUT2D eigenvalue weighted by molar-refractivity contribution is 6.35. The molecule has 0 aliphatic rings. The molecule has 1 N–H and O–H groups in total. The summed E-state index contributed by atoms with van der Waals surface area (Å²) in [6, 6.07) is 0. The van der Waals surface area contributed by atoms with Crippen LogP contribution >= 0.6 is 11.6 Å². The van der Waals surface area contributed by atoms with Gasteiger partial charge in [-0.1, -0.05) is 11.6 Å². The van der Waals surface area contributed by atoms with E-state index in [1.54, 1.807) is 0 Å². The molecule has 1 rings (SSSR count). The largest absolute Gasteiger partial charge is 0.491 e. The first-order chi connectivity index (χ1) is 6.61. The molecule has 1 aromatic heterocycles. The number of hydrogen-bond donors (Lipinski definition) is 1. The molecule has 6 heteroatoms. The Morgan fingerprint density at radius 1 is 1.71 bits per heavy atom. The van der Waals surface area contributed by atoms with Gasteiger partial charge >= 0.3 is 0 Å². The van der Waals surface area contributed by atoms with E-state index in [1.165, 1.54) is 14.2 Å². The quantitative estimate of drug-likeness (QED) is 0.760. The number of ether oxygens (including phenoxy) is 1. The molecular formula is C8H8ClFN2O2. The maximum absolute atomic E-state index is 12.9. The van der Waals surface area contributed by atoms with Crippen LogP contribution in [0, 0.1) is 5.95 Å². The first-order valence-electron chi connectivity index (χ1n) is 3.71. The highest BCUT2D eigenvalue weighted by atomic mass is 35.5. The standard InChI is InChI=1S/C8H8ClFN2O2/c1-11-8(13)4-3-12-7(10)6(14-2)5(4)9/h3H,1-2H3,(H,11,13). The Morgan fingerprint density at radius 2 is 2.36 bits per heavy atom. The fraction of sp³-hybridized carbons (Fsp3) is 0.250. The topological polar surface area (TPSA) is 51.2 Å². The number of hydrogen-bond acceptors (Lipinski definition) is 3. The number of amides is 1. The van der Waals surface area contributed by atoms with Gasteiger partial charge in [-0.15, -0.1) is 0 Å². The normalized spacial score (nSPS) is 9.71.